The molecule has 2 aromatic carbocycles. The molecule has 0 spiro atoms. The highest BCUT2D eigenvalue weighted by Gasteiger charge is 2.15. The van der Waals surface area contributed by atoms with Crippen LogP contribution >= 0.6 is 23.2 Å². The summed E-state index contributed by atoms with van der Waals surface area (Å²) in [6.45, 7) is 0.490. The fourth-order valence-electron chi connectivity index (χ4n) is 2.20. The summed E-state index contributed by atoms with van der Waals surface area (Å²) >= 11 is 11.7. The number of amides is 1. The minimum atomic E-state index is -0.693. The van der Waals surface area contributed by atoms with Crippen molar-refractivity contribution in [3.05, 3.63) is 52.0 Å². The van der Waals surface area contributed by atoms with Crippen LogP contribution in [0.1, 0.15) is 10.4 Å². The van der Waals surface area contributed by atoms with E-state index in [-0.39, 0.29) is 5.56 Å². The molecule has 1 N–H and O–H groups in total. The van der Waals surface area contributed by atoms with Crippen LogP contribution in [0, 0.1) is 0 Å². The van der Waals surface area contributed by atoms with E-state index in [1.807, 2.05) is 0 Å². The van der Waals surface area contributed by atoms with Crippen molar-refractivity contribution >= 4 is 40.8 Å². The van der Waals surface area contributed by atoms with Crippen molar-refractivity contribution in [2.24, 2.45) is 0 Å². The van der Waals surface area contributed by atoms with Crippen LogP contribution in [0.4, 0.5) is 5.69 Å². The Morgan fingerprint density at radius 1 is 1.00 bits per heavy atom. The van der Waals surface area contributed by atoms with Crippen molar-refractivity contribution < 1.29 is 23.8 Å². The van der Waals surface area contributed by atoms with Gasteiger partial charge < -0.3 is 19.5 Å². The molecule has 6 nitrogen and oxygen atoms in total. The number of anilines is 1. The van der Waals surface area contributed by atoms with Gasteiger partial charge in [0.25, 0.3) is 5.91 Å². The summed E-state index contributed by atoms with van der Waals surface area (Å²) in [5, 5.41) is 3.23. The first-order valence-corrected chi connectivity index (χ1v) is 8.09. The molecule has 25 heavy (non-hydrogen) atoms. The molecule has 1 amide bonds. The van der Waals surface area contributed by atoms with Gasteiger partial charge in [-0.1, -0.05) is 23.2 Å². The van der Waals surface area contributed by atoms with E-state index in [1.165, 1.54) is 18.2 Å². The first-order chi connectivity index (χ1) is 12.0. The number of hydrogen-bond donors (Lipinski definition) is 1. The highest BCUT2D eigenvalue weighted by Crippen LogP contribution is 2.32. The Morgan fingerprint density at radius 3 is 2.40 bits per heavy atom. The van der Waals surface area contributed by atoms with E-state index in [9.17, 15) is 9.59 Å². The Labute approximate surface area is 153 Å². The Balaban J connectivity index is 1.56. The molecule has 2 aromatic rings. The summed E-state index contributed by atoms with van der Waals surface area (Å²) < 4.78 is 15.8. The summed E-state index contributed by atoms with van der Waals surface area (Å²) in [5.41, 5.74) is 0.681. The molecule has 0 unspecified atom stereocenters. The summed E-state index contributed by atoms with van der Waals surface area (Å²) in [5.74, 6) is -0.0111. The second kappa shape index (κ2) is 7.63. The molecule has 1 aliphatic rings. The van der Waals surface area contributed by atoms with Gasteiger partial charge in [-0.05, 0) is 30.3 Å². The normalized spacial score (nSPS) is 12.4. The molecule has 0 saturated carbocycles. The molecule has 0 saturated heterocycles. The van der Waals surface area contributed by atoms with E-state index in [0.29, 0.717) is 40.4 Å². The SMILES string of the molecule is O=C(COC(=O)c1cc(Cl)cc(Cl)c1)Nc1ccc2c(c1)OCCO2. The average Bonchev–Trinajstić information content (AvgIpc) is 2.58. The van der Waals surface area contributed by atoms with Crippen LogP contribution in [-0.4, -0.2) is 31.7 Å². The molecule has 1 aliphatic heterocycles. The van der Waals surface area contributed by atoms with Crippen molar-refractivity contribution in [1.29, 1.82) is 0 Å². The summed E-state index contributed by atoms with van der Waals surface area (Å²) in [4.78, 5) is 23.9. The molecule has 3 rings (SSSR count). The van der Waals surface area contributed by atoms with E-state index in [0.717, 1.165) is 0 Å². The van der Waals surface area contributed by atoms with Crippen molar-refractivity contribution in [3.8, 4) is 11.5 Å². The molecule has 0 bridgehead atoms. The number of carbonyl (C=O) groups excluding carboxylic acids is 2. The van der Waals surface area contributed by atoms with E-state index < -0.39 is 18.5 Å². The molecular formula is C17H13Cl2NO5. The minimum absolute atomic E-state index is 0.171. The minimum Gasteiger partial charge on any atom is -0.486 e. The fraction of sp³-hybridized carbons (Fsp3) is 0.176. The van der Waals surface area contributed by atoms with Gasteiger partial charge in [-0.25, -0.2) is 4.79 Å². The lowest BCUT2D eigenvalue weighted by atomic mass is 10.2. The van der Waals surface area contributed by atoms with Crippen molar-refractivity contribution in [2.45, 2.75) is 0 Å². The number of fused-ring (bicyclic) bond motifs is 1. The lowest BCUT2D eigenvalue weighted by Crippen LogP contribution is -2.21. The average molecular weight is 382 g/mol. The van der Waals surface area contributed by atoms with Crippen LogP contribution in [-0.2, 0) is 9.53 Å². The number of rotatable bonds is 4. The zero-order valence-corrected chi connectivity index (χ0v) is 14.4. The van der Waals surface area contributed by atoms with Gasteiger partial charge in [0.05, 0.1) is 5.56 Å². The lowest BCUT2D eigenvalue weighted by Gasteiger charge is -2.19. The number of halogens is 2. The lowest BCUT2D eigenvalue weighted by molar-refractivity contribution is -0.119. The first kappa shape index (κ1) is 17.4. The third-order valence-corrected chi connectivity index (χ3v) is 3.69. The smallest absolute Gasteiger partial charge is 0.338 e. The zero-order chi connectivity index (χ0) is 17.8. The van der Waals surface area contributed by atoms with Crippen LogP contribution in [0.25, 0.3) is 0 Å². The molecular weight excluding hydrogens is 369 g/mol. The monoisotopic (exact) mass is 381 g/mol. The Hall–Kier alpha value is -2.44. The molecule has 8 heteroatoms. The summed E-state index contributed by atoms with van der Waals surface area (Å²) in [7, 11) is 0. The number of hydrogen-bond acceptors (Lipinski definition) is 5. The Bertz CT molecular complexity index is 804. The van der Waals surface area contributed by atoms with Crippen LogP contribution in [0.15, 0.2) is 36.4 Å². The molecule has 0 atom stereocenters. The van der Waals surface area contributed by atoms with Gasteiger partial charge in [-0.3, -0.25) is 4.79 Å². The van der Waals surface area contributed by atoms with Crippen LogP contribution in [0.3, 0.4) is 0 Å². The number of carbonyl (C=O) groups is 2. The second-order valence-electron chi connectivity index (χ2n) is 5.14. The Kier molecular flexibility index (Phi) is 5.31. The summed E-state index contributed by atoms with van der Waals surface area (Å²) in [6.07, 6.45) is 0. The molecule has 0 fully saturated rings. The summed E-state index contributed by atoms with van der Waals surface area (Å²) in [6, 6.07) is 9.33. The van der Waals surface area contributed by atoms with E-state index >= 15 is 0 Å². The third-order valence-electron chi connectivity index (χ3n) is 3.26. The molecule has 130 valence electrons. The van der Waals surface area contributed by atoms with Gasteiger partial charge in [0.15, 0.2) is 18.1 Å². The molecule has 0 aromatic heterocycles. The maximum Gasteiger partial charge on any atom is 0.338 e. The van der Waals surface area contributed by atoms with Crippen molar-refractivity contribution in [2.75, 3.05) is 25.1 Å². The van der Waals surface area contributed by atoms with Crippen molar-refractivity contribution in [1.82, 2.24) is 0 Å². The first-order valence-electron chi connectivity index (χ1n) is 7.34. The number of ether oxygens (including phenoxy) is 3. The highest BCUT2D eigenvalue weighted by molar-refractivity contribution is 6.35. The van der Waals surface area contributed by atoms with E-state index in [1.54, 1.807) is 18.2 Å². The zero-order valence-electron chi connectivity index (χ0n) is 12.9. The van der Waals surface area contributed by atoms with Crippen LogP contribution in [0.5, 0.6) is 11.5 Å². The van der Waals surface area contributed by atoms with Gasteiger partial charge in [0, 0.05) is 21.8 Å². The largest absolute Gasteiger partial charge is 0.486 e. The third kappa shape index (κ3) is 4.55. The second-order valence-corrected chi connectivity index (χ2v) is 6.01. The van der Waals surface area contributed by atoms with E-state index in [2.05, 4.69) is 5.32 Å². The topological polar surface area (TPSA) is 73.9 Å². The van der Waals surface area contributed by atoms with Crippen LogP contribution < -0.4 is 14.8 Å². The number of benzene rings is 2. The molecule has 1 heterocycles. The molecule has 0 aliphatic carbocycles. The number of nitrogens with one attached hydrogen (secondary N) is 1. The number of esters is 1. The van der Waals surface area contributed by atoms with Gasteiger partial charge in [0.2, 0.25) is 0 Å². The van der Waals surface area contributed by atoms with Crippen LogP contribution in [0.2, 0.25) is 10.0 Å². The maximum atomic E-state index is 11.9. The predicted octanol–water partition coefficient (Wildman–Crippen LogP) is 3.56. The predicted molar refractivity (Wildman–Crippen MR) is 92.8 cm³/mol. The van der Waals surface area contributed by atoms with E-state index in [4.69, 9.17) is 37.4 Å². The molecule has 0 radical (unpaired) electrons. The maximum absolute atomic E-state index is 11.9. The van der Waals surface area contributed by atoms with Crippen molar-refractivity contribution in [3.63, 3.8) is 0 Å². The highest BCUT2D eigenvalue weighted by atomic mass is 35.5. The standard InChI is InChI=1S/C17H13Cl2NO5/c18-11-5-10(6-12(19)7-11)17(22)25-9-16(21)20-13-1-2-14-15(8-13)24-4-3-23-14/h1-2,5-8H,3-4,9H2,(H,20,21). The van der Waals surface area contributed by atoms with Gasteiger partial charge in [-0.2, -0.15) is 0 Å². The van der Waals surface area contributed by atoms with Gasteiger partial charge in [-0.15, -0.1) is 0 Å². The quantitative estimate of drug-likeness (QED) is 0.819. The van der Waals surface area contributed by atoms with Gasteiger partial charge >= 0.3 is 5.97 Å². The van der Waals surface area contributed by atoms with Gasteiger partial charge in [0.1, 0.15) is 13.2 Å². The Morgan fingerprint density at radius 2 is 1.68 bits per heavy atom. The fourth-order valence-corrected chi connectivity index (χ4v) is 2.73.